The van der Waals surface area contributed by atoms with Gasteiger partial charge in [0.2, 0.25) is 0 Å². The lowest BCUT2D eigenvalue weighted by Crippen LogP contribution is -2.17. The third kappa shape index (κ3) is 5.98. The molecule has 0 aliphatic carbocycles. The topological polar surface area (TPSA) is 76.6 Å². The molecule has 1 saturated heterocycles. The number of anilines is 2. The van der Waals surface area contributed by atoms with Crippen LogP contribution in [0.15, 0.2) is 54.9 Å². The Bertz CT molecular complexity index is 1240. The monoisotopic (exact) mass is 456 g/mol. The van der Waals surface area contributed by atoms with Gasteiger partial charge in [-0.2, -0.15) is 0 Å². The van der Waals surface area contributed by atoms with Crippen molar-refractivity contribution < 1.29 is 14.3 Å². The van der Waals surface area contributed by atoms with Crippen molar-refractivity contribution in [2.45, 2.75) is 18.9 Å². The number of terminal acetylenes is 1. The van der Waals surface area contributed by atoms with Gasteiger partial charge in [0.1, 0.15) is 24.0 Å². The van der Waals surface area contributed by atoms with Gasteiger partial charge < -0.3 is 19.7 Å². The maximum absolute atomic E-state index is 12.7. The second kappa shape index (κ2) is 10.9. The molecule has 34 heavy (non-hydrogen) atoms. The van der Waals surface area contributed by atoms with Gasteiger partial charge in [0.25, 0.3) is 0 Å². The molecule has 0 unspecified atom stereocenters. The van der Waals surface area contributed by atoms with Crippen molar-refractivity contribution in [3.8, 4) is 18.1 Å². The van der Waals surface area contributed by atoms with Crippen molar-refractivity contribution in [3.05, 3.63) is 66.0 Å². The number of benzene rings is 2. The van der Waals surface area contributed by atoms with E-state index in [-0.39, 0.29) is 18.3 Å². The van der Waals surface area contributed by atoms with E-state index in [1.54, 1.807) is 6.08 Å². The van der Waals surface area contributed by atoms with Crippen molar-refractivity contribution in [1.29, 1.82) is 0 Å². The molecule has 1 fully saturated rings. The Labute approximate surface area is 199 Å². The smallest absolute Gasteiger partial charge is 0.159 e. The molecule has 7 nitrogen and oxygen atoms in total. The number of fused-ring (bicyclic) bond motifs is 1. The van der Waals surface area contributed by atoms with E-state index in [1.165, 1.54) is 6.33 Å². The molecule has 1 aliphatic heterocycles. The van der Waals surface area contributed by atoms with E-state index in [9.17, 15) is 4.79 Å². The van der Waals surface area contributed by atoms with Gasteiger partial charge in [-0.15, -0.1) is 6.42 Å². The van der Waals surface area contributed by atoms with Crippen LogP contribution in [-0.4, -0.2) is 60.6 Å². The summed E-state index contributed by atoms with van der Waals surface area (Å²) in [4.78, 5) is 23.6. The standard InChI is InChI=1S/C27H28N4O3/c1-4-19-7-5-8-21(13-19)30-27-24-15-20(14-22(32)9-6-11-31(2)3)26(16-25(24)28-18-29-27)34-23-10-12-33-17-23/h1,5-9,13,15-16,18,23H,10-12,14,17H2,2-3H3,(H,28,29,30)/b9-6+/t23-/m0/s1. The van der Waals surface area contributed by atoms with Gasteiger partial charge >= 0.3 is 0 Å². The van der Waals surface area contributed by atoms with Gasteiger partial charge in [-0.25, -0.2) is 9.97 Å². The number of allylic oxidation sites excluding steroid dienone is 1. The number of nitrogens with one attached hydrogen (secondary N) is 1. The molecule has 4 rings (SSSR count). The first kappa shape index (κ1) is 23.4. The molecule has 0 amide bonds. The average Bonchev–Trinajstić information content (AvgIpc) is 3.33. The number of hydrogen-bond donors (Lipinski definition) is 1. The Kier molecular flexibility index (Phi) is 7.53. The molecule has 0 radical (unpaired) electrons. The van der Waals surface area contributed by atoms with Crippen LogP contribution >= 0.6 is 0 Å². The first-order chi connectivity index (χ1) is 16.5. The van der Waals surface area contributed by atoms with Crippen molar-refractivity contribution >= 4 is 28.2 Å². The molecular weight excluding hydrogens is 428 g/mol. The third-order valence-electron chi connectivity index (χ3n) is 5.43. The molecule has 174 valence electrons. The highest BCUT2D eigenvalue weighted by molar-refractivity contribution is 5.96. The highest BCUT2D eigenvalue weighted by atomic mass is 16.5. The van der Waals surface area contributed by atoms with Crippen molar-refractivity contribution in [1.82, 2.24) is 14.9 Å². The fourth-order valence-electron chi connectivity index (χ4n) is 3.73. The van der Waals surface area contributed by atoms with E-state index in [2.05, 4.69) is 21.2 Å². The highest BCUT2D eigenvalue weighted by Gasteiger charge is 2.20. The number of hydrogen-bond acceptors (Lipinski definition) is 7. The number of nitrogens with zero attached hydrogens (tertiary/aromatic N) is 3. The maximum atomic E-state index is 12.7. The van der Waals surface area contributed by atoms with E-state index < -0.39 is 0 Å². The SMILES string of the molecule is C#Cc1cccc(Nc2ncnc3cc(O[C@H]4CCOC4)c(CC(=O)/C=C/CN(C)C)cc23)c1. The Morgan fingerprint density at radius 3 is 2.97 bits per heavy atom. The summed E-state index contributed by atoms with van der Waals surface area (Å²) in [5.41, 5.74) is 3.10. The van der Waals surface area contributed by atoms with Gasteiger partial charge in [-0.1, -0.05) is 18.1 Å². The zero-order chi connectivity index (χ0) is 23.9. The van der Waals surface area contributed by atoms with E-state index in [0.29, 0.717) is 31.3 Å². The Morgan fingerprint density at radius 1 is 1.32 bits per heavy atom. The van der Waals surface area contributed by atoms with Crippen LogP contribution in [0.4, 0.5) is 11.5 Å². The number of aromatic nitrogens is 2. The number of rotatable bonds is 9. The summed E-state index contributed by atoms with van der Waals surface area (Å²) in [5.74, 6) is 3.92. The third-order valence-corrected chi connectivity index (χ3v) is 5.43. The maximum Gasteiger partial charge on any atom is 0.159 e. The van der Waals surface area contributed by atoms with Crippen molar-refractivity contribution in [2.24, 2.45) is 0 Å². The van der Waals surface area contributed by atoms with Crippen molar-refractivity contribution in [3.63, 3.8) is 0 Å². The lowest BCUT2D eigenvalue weighted by Gasteiger charge is -2.17. The Morgan fingerprint density at radius 2 is 2.21 bits per heavy atom. The lowest BCUT2D eigenvalue weighted by atomic mass is 10.0. The molecule has 0 spiro atoms. The zero-order valence-corrected chi connectivity index (χ0v) is 19.5. The number of ether oxygens (including phenoxy) is 2. The summed E-state index contributed by atoms with van der Waals surface area (Å²) in [6, 6.07) is 11.4. The van der Waals surface area contributed by atoms with E-state index in [1.807, 2.05) is 61.5 Å². The molecule has 1 aliphatic rings. The average molecular weight is 457 g/mol. The Hall–Kier alpha value is -3.73. The zero-order valence-electron chi connectivity index (χ0n) is 19.5. The van der Waals surface area contributed by atoms with Crippen LogP contribution in [0.25, 0.3) is 10.9 Å². The molecule has 1 atom stereocenters. The van der Waals surface area contributed by atoms with Gasteiger partial charge in [-0.3, -0.25) is 4.79 Å². The molecule has 3 aromatic rings. The second-order valence-electron chi connectivity index (χ2n) is 8.46. The lowest BCUT2D eigenvalue weighted by molar-refractivity contribution is -0.114. The van der Waals surface area contributed by atoms with Crippen LogP contribution in [0.1, 0.15) is 17.5 Å². The molecule has 1 N–H and O–H groups in total. The Balaban J connectivity index is 1.68. The summed E-state index contributed by atoms with van der Waals surface area (Å²) in [5, 5.41) is 4.12. The number of carbonyl (C=O) groups excluding carboxylic acids is 1. The van der Waals surface area contributed by atoms with Crippen molar-refractivity contribution in [2.75, 3.05) is 39.2 Å². The molecular formula is C27H28N4O3. The normalized spacial score (nSPS) is 15.6. The van der Waals surface area contributed by atoms with Crippen LogP contribution in [0.5, 0.6) is 5.75 Å². The minimum atomic E-state index is -0.0403. The van der Waals surface area contributed by atoms with Crippen LogP contribution < -0.4 is 10.1 Å². The van der Waals surface area contributed by atoms with Gasteiger partial charge in [0.05, 0.1) is 18.7 Å². The summed E-state index contributed by atoms with van der Waals surface area (Å²) < 4.78 is 11.7. The predicted octanol–water partition coefficient (Wildman–Crippen LogP) is 3.75. The molecule has 2 aromatic carbocycles. The largest absolute Gasteiger partial charge is 0.488 e. The summed E-state index contributed by atoms with van der Waals surface area (Å²) >= 11 is 0. The highest BCUT2D eigenvalue weighted by Crippen LogP contribution is 2.32. The molecule has 7 heteroatoms. The summed E-state index contributed by atoms with van der Waals surface area (Å²) in [6.45, 7) is 1.91. The number of ketones is 1. The van der Waals surface area contributed by atoms with Crippen LogP contribution in [0.2, 0.25) is 0 Å². The number of likely N-dealkylation sites (N-methyl/N-ethyl adjacent to an activating group) is 1. The molecule has 1 aromatic heterocycles. The van der Waals surface area contributed by atoms with Gasteiger partial charge in [0, 0.05) is 47.7 Å². The summed E-state index contributed by atoms with van der Waals surface area (Å²) in [6.07, 6.45) is 11.5. The molecule has 0 bridgehead atoms. The predicted molar refractivity (Wildman–Crippen MR) is 133 cm³/mol. The van der Waals surface area contributed by atoms with Crippen LogP contribution in [-0.2, 0) is 16.0 Å². The fraction of sp³-hybridized carbons (Fsp3) is 0.296. The van der Waals surface area contributed by atoms with Gasteiger partial charge in [0.15, 0.2) is 5.78 Å². The van der Waals surface area contributed by atoms with Crippen LogP contribution in [0.3, 0.4) is 0 Å². The van der Waals surface area contributed by atoms with E-state index in [0.717, 1.165) is 34.1 Å². The van der Waals surface area contributed by atoms with E-state index in [4.69, 9.17) is 15.9 Å². The quantitative estimate of drug-likeness (QED) is 0.388. The second-order valence-corrected chi connectivity index (χ2v) is 8.46. The molecule has 2 heterocycles. The van der Waals surface area contributed by atoms with E-state index >= 15 is 0 Å². The first-order valence-electron chi connectivity index (χ1n) is 11.2. The fourth-order valence-corrected chi connectivity index (χ4v) is 3.73. The minimum Gasteiger partial charge on any atom is -0.488 e. The molecule has 0 saturated carbocycles. The van der Waals surface area contributed by atoms with Gasteiger partial charge in [-0.05, 0) is 44.4 Å². The summed E-state index contributed by atoms with van der Waals surface area (Å²) in [7, 11) is 3.92. The first-order valence-corrected chi connectivity index (χ1v) is 11.2. The number of carbonyl (C=O) groups is 1. The minimum absolute atomic E-state index is 0.00167. The van der Waals surface area contributed by atoms with Crippen LogP contribution in [0, 0.1) is 12.3 Å².